The minimum absolute atomic E-state index is 0.0710. The highest BCUT2D eigenvalue weighted by molar-refractivity contribution is 6.33. The molecule has 0 radical (unpaired) electrons. The fourth-order valence-electron chi connectivity index (χ4n) is 4.19. The van der Waals surface area contributed by atoms with E-state index in [4.69, 9.17) is 16.3 Å². The molecule has 2 aromatic carbocycles. The van der Waals surface area contributed by atoms with Crippen molar-refractivity contribution in [3.63, 3.8) is 0 Å². The molecule has 3 N–H and O–H groups in total. The number of carboxylic acid groups (broad SMARTS) is 1. The van der Waals surface area contributed by atoms with Crippen LogP contribution in [0.5, 0.6) is 11.8 Å². The summed E-state index contributed by atoms with van der Waals surface area (Å²) < 4.78 is 5.79. The molecule has 0 atom stereocenters. The van der Waals surface area contributed by atoms with Gasteiger partial charge in [0.2, 0.25) is 0 Å². The minimum Gasteiger partial charge on any atom is -0.478 e. The molecule has 1 heterocycles. The maximum atomic E-state index is 11.4. The van der Waals surface area contributed by atoms with Gasteiger partial charge in [-0.2, -0.15) is 4.98 Å². The van der Waals surface area contributed by atoms with Crippen LogP contribution < -0.4 is 4.74 Å². The van der Waals surface area contributed by atoms with Crippen LogP contribution in [0.3, 0.4) is 0 Å². The van der Waals surface area contributed by atoms with E-state index < -0.39 is 5.97 Å². The van der Waals surface area contributed by atoms with Crippen molar-refractivity contribution in [1.29, 1.82) is 0 Å². The molecule has 0 aliphatic heterocycles. The lowest BCUT2D eigenvalue weighted by Crippen LogP contribution is -2.08. The fourth-order valence-corrected chi connectivity index (χ4v) is 4.47. The Balaban J connectivity index is 1.42. The molecular formula is C26H23ClN2O4. The number of hydrogen-bond donors (Lipinski definition) is 3. The van der Waals surface area contributed by atoms with Crippen LogP contribution in [0.1, 0.15) is 40.7 Å². The van der Waals surface area contributed by atoms with Gasteiger partial charge in [-0.1, -0.05) is 42.0 Å². The molecular weight excluding hydrogens is 440 g/mol. The summed E-state index contributed by atoms with van der Waals surface area (Å²) in [6.45, 7) is 1.91. The van der Waals surface area contributed by atoms with Gasteiger partial charge >= 0.3 is 5.97 Å². The number of aryl methyl sites for hydroxylation is 1. The van der Waals surface area contributed by atoms with Crippen LogP contribution in [0.2, 0.25) is 5.02 Å². The van der Waals surface area contributed by atoms with Crippen LogP contribution in [0, 0.1) is 12.3 Å². The van der Waals surface area contributed by atoms with Gasteiger partial charge < -0.3 is 19.9 Å². The zero-order valence-corrected chi connectivity index (χ0v) is 18.8. The molecule has 2 aliphatic rings. The molecule has 2 aliphatic carbocycles. The van der Waals surface area contributed by atoms with Crippen molar-refractivity contribution < 1.29 is 19.7 Å². The number of nitrogens with one attached hydrogen (secondary N) is 1. The molecule has 7 heteroatoms. The van der Waals surface area contributed by atoms with Gasteiger partial charge in [-0.15, -0.1) is 0 Å². The number of fused-ring (bicyclic) bond motifs is 1. The average molecular weight is 463 g/mol. The molecule has 1 saturated carbocycles. The number of aromatic carboxylic acids is 1. The van der Waals surface area contributed by atoms with Gasteiger partial charge in [-0.05, 0) is 67.2 Å². The van der Waals surface area contributed by atoms with E-state index in [0.717, 1.165) is 35.9 Å². The molecule has 6 nitrogen and oxygen atoms in total. The molecule has 0 amide bonds. The number of aromatic nitrogens is 2. The van der Waals surface area contributed by atoms with E-state index in [1.165, 1.54) is 11.6 Å². The number of halogens is 1. The summed E-state index contributed by atoms with van der Waals surface area (Å²) in [4.78, 5) is 19.0. The number of H-pyrrole nitrogens is 1. The van der Waals surface area contributed by atoms with Crippen LogP contribution in [0.25, 0.3) is 16.6 Å². The molecule has 0 saturated heterocycles. The molecule has 168 valence electrons. The zero-order valence-electron chi connectivity index (χ0n) is 18.1. The van der Waals surface area contributed by atoms with Gasteiger partial charge in [0.1, 0.15) is 5.75 Å². The quantitative estimate of drug-likeness (QED) is 0.414. The van der Waals surface area contributed by atoms with Crippen LogP contribution in [0.4, 0.5) is 0 Å². The lowest BCUT2D eigenvalue weighted by molar-refractivity contribution is 0.0695. The second-order valence-electron chi connectivity index (χ2n) is 8.60. The number of aliphatic hydroxyl groups excluding tert-OH is 1. The average Bonchev–Trinajstić information content (AvgIpc) is 3.54. The second kappa shape index (κ2) is 8.21. The van der Waals surface area contributed by atoms with E-state index in [2.05, 4.69) is 28.2 Å². The number of carboxylic acids is 1. The first kappa shape index (κ1) is 21.5. The topological polar surface area (TPSA) is 95.4 Å². The van der Waals surface area contributed by atoms with E-state index >= 15 is 0 Å². The summed E-state index contributed by atoms with van der Waals surface area (Å²) in [5, 5.41) is 19.7. The third-order valence-electron chi connectivity index (χ3n) is 6.40. The highest BCUT2D eigenvalue weighted by Crippen LogP contribution is 2.52. The van der Waals surface area contributed by atoms with Crippen molar-refractivity contribution in [2.45, 2.75) is 26.2 Å². The number of nitrogens with zero attached hydrogens (tertiary/aromatic N) is 1. The predicted octanol–water partition coefficient (Wildman–Crippen LogP) is 6.06. The summed E-state index contributed by atoms with van der Waals surface area (Å²) >= 11 is 6.61. The molecule has 3 aromatic rings. The number of ether oxygens (including phenoxy) is 1. The number of rotatable bonds is 6. The van der Waals surface area contributed by atoms with E-state index in [-0.39, 0.29) is 23.6 Å². The van der Waals surface area contributed by atoms with Gasteiger partial charge in [0.15, 0.2) is 0 Å². The minimum atomic E-state index is -1.01. The fraction of sp³-hybridized carbons (Fsp3) is 0.231. The Kier molecular flexibility index (Phi) is 5.35. The number of imidazole rings is 1. The maximum Gasteiger partial charge on any atom is 0.336 e. The van der Waals surface area contributed by atoms with Gasteiger partial charge in [-0.3, -0.25) is 0 Å². The number of carbonyl (C=O) groups is 1. The van der Waals surface area contributed by atoms with Gasteiger partial charge in [-0.25, -0.2) is 4.79 Å². The summed E-state index contributed by atoms with van der Waals surface area (Å²) in [6.07, 6.45) is 11.2. The summed E-state index contributed by atoms with van der Waals surface area (Å²) in [6, 6.07) is 8.87. The third-order valence-corrected chi connectivity index (χ3v) is 6.71. The smallest absolute Gasteiger partial charge is 0.336 e. The highest BCUT2D eigenvalue weighted by Gasteiger charge is 2.44. The Morgan fingerprint density at radius 3 is 2.76 bits per heavy atom. The van der Waals surface area contributed by atoms with Crippen molar-refractivity contribution >= 4 is 34.2 Å². The summed E-state index contributed by atoms with van der Waals surface area (Å²) in [5.74, 6) is -0.623. The van der Waals surface area contributed by atoms with Crippen LogP contribution >= 0.6 is 11.6 Å². The SMILES string of the molecule is Cc1ccc(Oc2nc3cc(C4=CCC=C(C5(CO)CC5)C=C4)c(Cl)cc3[nH]2)cc1C(=O)O. The molecule has 0 spiro atoms. The number of aliphatic hydroxyl groups is 1. The van der Waals surface area contributed by atoms with E-state index in [1.807, 2.05) is 18.2 Å². The van der Waals surface area contributed by atoms with Crippen LogP contribution in [0.15, 0.2) is 60.2 Å². The Labute approximate surface area is 195 Å². The van der Waals surface area contributed by atoms with Crippen molar-refractivity contribution in [1.82, 2.24) is 9.97 Å². The molecule has 0 unspecified atom stereocenters. The maximum absolute atomic E-state index is 11.4. The lowest BCUT2D eigenvalue weighted by Gasteiger charge is -2.12. The number of aromatic amines is 1. The Bertz CT molecular complexity index is 1360. The standard InChI is InChI=1S/C26H23ClN2O4/c1-15-5-8-18(11-19(15)24(31)32)33-25-28-22-12-20(21(27)13-23(22)29-25)16-3-2-4-17(7-6-16)26(14-30)9-10-26/h3-8,11-13,30H,2,9-10,14H2,1H3,(H,28,29)(H,31,32). The summed E-state index contributed by atoms with van der Waals surface area (Å²) in [5.41, 5.74) is 5.23. The van der Waals surface area contributed by atoms with Crippen molar-refractivity contribution in [2.75, 3.05) is 6.61 Å². The predicted molar refractivity (Wildman–Crippen MR) is 128 cm³/mol. The number of hydrogen-bond acceptors (Lipinski definition) is 4. The Morgan fingerprint density at radius 2 is 2.03 bits per heavy atom. The van der Waals surface area contributed by atoms with Crippen molar-refractivity contribution in [3.05, 3.63) is 81.9 Å². The lowest BCUT2D eigenvalue weighted by atomic mass is 9.95. The van der Waals surface area contributed by atoms with E-state index in [1.54, 1.807) is 19.1 Å². The Hall–Kier alpha value is -3.35. The second-order valence-corrected chi connectivity index (χ2v) is 9.01. The highest BCUT2D eigenvalue weighted by atomic mass is 35.5. The first-order valence-electron chi connectivity index (χ1n) is 10.8. The first-order valence-corrected chi connectivity index (χ1v) is 11.2. The van der Waals surface area contributed by atoms with Crippen LogP contribution in [-0.4, -0.2) is 32.8 Å². The molecule has 0 bridgehead atoms. The molecule has 33 heavy (non-hydrogen) atoms. The first-order chi connectivity index (χ1) is 15.9. The molecule has 1 aromatic heterocycles. The normalized spacial score (nSPS) is 16.8. The van der Waals surface area contributed by atoms with E-state index in [9.17, 15) is 15.0 Å². The number of allylic oxidation sites excluding steroid dienone is 5. The third kappa shape index (κ3) is 4.08. The van der Waals surface area contributed by atoms with Gasteiger partial charge in [0.05, 0.1) is 28.2 Å². The molecule has 5 rings (SSSR count). The summed E-state index contributed by atoms with van der Waals surface area (Å²) in [7, 11) is 0. The zero-order chi connectivity index (χ0) is 23.2. The molecule has 1 fully saturated rings. The monoisotopic (exact) mass is 462 g/mol. The van der Waals surface area contributed by atoms with Crippen LogP contribution in [-0.2, 0) is 0 Å². The number of benzene rings is 2. The van der Waals surface area contributed by atoms with E-state index in [0.29, 0.717) is 21.9 Å². The van der Waals surface area contributed by atoms with Gasteiger partial charge in [0, 0.05) is 11.0 Å². The van der Waals surface area contributed by atoms with Gasteiger partial charge in [0.25, 0.3) is 6.01 Å². The largest absolute Gasteiger partial charge is 0.478 e. The van der Waals surface area contributed by atoms with Crippen molar-refractivity contribution in [3.8, 4) is 11.8 Å². The Morgan fingerprint density at radius 1 is 1.21 bits per heavy atom. The van der Waals surface area contributed by atoms with Crippen molar-refractivity contribution in [2.24, 2.45) is 5.41 Å².